The van der Waals surface area contributed by atoms with Crippen molar-refractivity contribution in [2.75, 3.05) is 16.6 Å². The van der Waals surface area contributed by atoms with Crippen LogP contribution < -0.4 is 4.31 Å². The van der Waals surface area contributed by atoms with Gasteiger partial charge in [0.05, 0.1) is 35.5 Å². The van der Waals surface area contributed by atoms with Crippen LogP contribution in [0.3, 0.4) is 0 Å². The number of carbonyl (C=O) groups excluding carboxylic acids is 1. The Morgan fingerprint density at radius 3 is 2.35 bits per heavy atom. The van der Waals surface area contributed by atoms with Crippen molar-refractivity contribution in [3.8, 4) is 0 Å². The summed E-state index contributed by atoms with van der Waals surface area (Å²) in [7, 11) is -3.81. The SMILES string of the molecule is C=CC[C@@]1(C)C[C@H](c2cccc(Cl)c2)[C@@H](c2ccc(Cl)cc2)N(C(CN(c2cccc(F)c2)S(=O)(=O)CC)C2CC2)C1=O. The molecule has 0 spiro atoms. The Kier molecular flexibility index (Phi) is 9.26. The normalized spacial score (nSPS) is 23.2. The van der Waals surface area contributed by atoms with Crippen molar-refractivity contribution in [1.29, 1.82) is 0 Å². The fraction of sp³-hybridized carbons (Fsp3) is 0.382. The van der Waals surface area contributed by atoms with Crippen LogP contribution in [0.25, 0.3) is 0 Å². The van der Waals surface area contributed by atoms with Gasteiger partial charge in [-0.05, 0) is 92.1 Å². The molecule has 228 valence electrons. The first-order valence-electron chi connectivity index (χ1n) is 14.7. The van der Waals surface area contributed by atoms with Crippen LogP contribution in [0, 0.1) is 17.2 Å². The third-order valence-corrected chi connectivity index (χ3v) is 11.1. The molecule has 2 fully saturated rings. The molecule has 9 heteroatoms. The Morgan fingerprint density at radius 2 is 1.74 bits per heavy atom. The topological polar surface area (TPSA) is 57.7 Å². The van der Waals surface area contributed by atoms with Crippen LogP contribution in [0.1, 0.15) is 62.6 Å². The monoisotopic (exact) mass is 642 g/mol. The standard InChI is InChI=1S/C34H37Cl2FN2O3S/c1-4-18-34(3)21-30(25-8-6-9-27(36)19-25)32(24-14-16-26(35)17-15-24)39(33(34)40)31(23-12-13-23)22-38(43(41,42)5-2)29-11-7-10-28(37)20-29/h4,6-11,14-17,19-20,23,30-32H,1,5,12-13,18,21-22H2,2-3H3/t30-,31?,32-,34+/m1/s1. The number of piperidine rings is 1. The van der Waals surface area contributed by atoms with E-state index in [1.54, 1.807) is 19.1 Å². The molecule has 5 rings (SSSR count). The van der Waals surface area contributed by atoms with Crippen molar-refractivity contribution in [1.82, 2.24) is 4.90 Å². The van der Waals surface area contributed by atoms with Gasteiger partial charge < -0.3 is 4.90 Å². The molecular formula is C34H37Cl2FN2O3S. The van der Waals surface area contributed by atoms with Crippen molar-refractivity contribution in [2.24, 2.45) is 11.3 Å². The van der Waals surface area contributed by atoms with E-state index in [0.717, 1.165) is 24.0 Å². The average Bonchev–Trinajstić information content (AvgIpc) is 3.81. The predicted molar refractivity (Wildman–Crippen MR) is 172 cm³/mol. The van der Waals surface area contributed by atoms with Gasteiger partial charge in [-0.25, -0.2) is 12.8 Å². The van der Waals surface area contributed by atoms with Crippen LogP contribution in [0.4, 0.5) is 10.1 Å². The Bertz CT molecular complexity index is 1600. The molecule has 0 radical (unpaired) electrons. The summed E-state index contributed by atoms with van der Waals surface area (Å²) in [6, 6.07) is 20.0. The molecule has 1 amide bonds. The summed E-state index contributed by atoms with van der Waals surface area (Å²) in [5, 5.41) is 1.18. The van der Waals surface area contributed by atoms with Gasteiger partial charge in [0, 0.05) is 16.0 Å². The van der Waals surface area contributed by atoms with Crippen LogP contribution in [0.5, 0.6) is 0 Å². The van der Waals surface area contributed by atoms with E-state index >= 15 is 0 Å². The number of hydrogen-bond acceptors (Lipinski definition) is 3. The smallest absolute Gasteiger partial charge is 0.234 e. The molecule has 2 aliphatic rings. The minimum Gasteiger partial charge on any atom is -0.329 e. The fourth-order valence-electron chi connectivity index (χ4n) is 6.53. The number of rotatable bonds is 11. The van der Waals surface area contributed by atoms with Gasteiger partial charge in [0.2, 0.25) is 15.9 Å². The lowest BCUT2D eigenvalue weighted by atomic mass is 9.67. The number of halogens is 3. The molecule has 1 heterocycles. The van der Waals surface area contributed by atoms with E-state index in [0.29, 0.717) is 22.9 Å². The second-order valence-electron chi connectivity index (χ2n) is 11.9. The number of allylic oxidation sites excluding steroid dienone is 1. The number of carbonyl (C=O) groups is 1. The number of likely N-dealkylation sites (tertiary alicyclic amines) is 1. The first kappa shape index (κ1) is 31.6. The van der Waals surface area contributed by atoms with E-state index < -0.39 is 33.3 Å². The van der Waals surface area contributed by atoms with Gasteiger partial charge in [-0.15, -0.1) is 6.58 Å². The summed E-state index contributed by atoms with van der Waals surface area (Å²) in [5.74, 6) is -0.781. The molecule has 0 aromatic heterocycles. The zero-order valence-corrected chi connectivity index (χ0v) is 26.8. The highest BCUT2D eigenvalue weighted by Crippen LogP contribution is 2.54. The van der Waals surface area contributed by atoms with E-state index in [1.165, 1.54) is 22.5 Å². The summed E-state index contributed by atoms with van der Waals surface area (Å²) in [5.41, 5.74) is 1.38. The van der Waals surface area contributed by atoms with E-state index in [9.17, 15) is 17.6 Å². The van der Waals surface area contributed by atoms with Gasteiger partial charge in [0.15, 0.2) is 0 Å². The van der Waals surface area contributed by atoms with Crippen LogP contribution in [0.15, 0.2) is 85.5 Å². The van der Waals surface area contributed by atoms with E-state index in [2.05, 4.69) is 6.58 Å². The zero-order valence-electron chi connectivity index (χ0n) is 24.4. The van der Waals surface area contributed by atoms with Crippen molar-refractivity contribution in [3.63, 3.8) is 0 Å². The molecule has 1 saturated carbocycles. The molecule has 43 heavy (non-hydrogen) atoms. The van der Waals surface area contributed by atoms with Gasteiger partial charge in [-0.3, -0.25) is 9.10 Å². The predicted octanol–water partition coefficient (Wildman–Crippen LogP) is 8.41. The highest BCUT2D eigenvalue weighted by Gasteiger charge is 2.54. The second-order valence-corrected chi connectivity index (χ2v) is 15.0. The molecule has 1 unspecified atom stereocenters. The van der Waals surface area contributed by atoms with Gasteiger partial charge in [0.25, 0.3) is 0 Å². The zero-order chi connectivity index (χ0) is 30.9. The summed E-state index contributed by atoms with van der Waals surface area (Å²) < 4.78 is 42.8. The Morgan fingerprint density at radius 1 is 1.05 bits per heavy atom. The third kappa shape index (κ3) is 6.64. The number of nitrogens with zero attached hydrogens (tertiary/aromatic N) is 2. The van der Waals surface area contributed by atoms with Crippen molar-refractivity contribution < 1.29 is 17.6 Å². The van der Waals surface area contributed by atoms with Gasteiger partial charge in [-0.1, -0.05) is 66.5 Å². The maximum atomic E-state index is 14.8. The van der Waals surface area contributed by atoms with Crippen molar-refractivity contribution in [2.45, 2.75) is 57.5 Å². The minimum absolute atomic E-state index is 0.0204. The highest BCUT2D eigenvalue weighted by atomic mass is 35.5. The molecule has 4 atom stereocenters. The molecule has 1 saturated heterocycles. The first-order valence-corrected chi connectivity index (χ1v) is 17.0. The van der Waals surface area contributed by atoms with Gasteiger partial charge in [0.1, 0.15) is 5.82 Å². The van der Waals surface area contributed by atoms with Crippen molar-refractivity contribution in [3.05, 3.63) is 112 Å². The van der Waals surface area contributed by atoms with Gasteiger partial charge in [-0.2, -0.15) is 0 Å². The fourth-order valence-corrected chi connectivity index (χ4v) is 7.99. The lowest BCUT2D eigenvalue weighted by Crippen LogP contribution is -2.59. The number of amides is 1. The summed E-state index contributed by atoms with van der Waals surface area (Å²) in [4.78, 5) is 16.7. The third-order valence-electron chi connectivity index (χ3n) is 8.86. The van der Waals surface area contributed by atoms with E-state index in [-0.39, 0.29) is 35.7 Å². The number of anilines is 1. The summed E-state index contributed by atoms with van der Waals surface area (Å²) in [6.45, 7) is 7.53. The first-order chi connectivity index (χ1) is 20.5. The highest BCUT2D eigenvalue weighted by molar-refractivity contribution is 7.92. The molecule has 1 aliphatic carbocycles. The Balaban J connectivity index is 1.70. The maximum Gasteiger partial charge on any atom is 0.234 e. The molecule has 3 aromatic rings. The molecule has 5 nitrogen and oxygen atoms in total. The molecule has 0 bridgehead atoms. The van der Waals surface area contributed by atoms with E-state index in [4.69, 9.17) is 23.2 Å². The van der Waals surface area contributed by atoms with Crippen LogP contribution >= 0.6 is 23.2 Å². The maximum absolute atomic E-state index is 14.8. The van der Waals surface area contributed by atoms with Gasteiger partial charge >= 0.3 is 0 Å². The number of sulfonamides is 1. The second kappa shape index (κ2) is 12.6. The van der Waals surface area contributed by atoms with Crippen LogP contribution in [-0.2, 0) is 14.8 Å². The molecule has 0 N–H and O–H groups in total. The Hall–Kier alpha value is -2.87. The molecular weight excluding hydrogens is 606 g/mol. The Labute approximate surface area is 264 Å². The number of hydrogen-bond donors (Lipinski definition) is 0. The minimum atomic E-state index is -3.81. The quantitative estimate of drug-likeness (QED) is 0.197. The number of benzene rings is 3. The summed E-state index contributed by atoms with van der Waals surface area (Å²) >= 11 is 12.8. The van der Waals surface area contributed by atoms with E-state index in [1.807, 2.05) is 60.4 Å². The van der Waals surface area contributed by atoms with Crippen LogP contribution in [-0.4, -0.2) is 37.6 Å². The molecule has 3 aromatic carbocycles. The average molecular weight is 644 g/mol. The largest absolute Gasteiger partial charge is 0.329 e. The lowest BCUT2D eigenvalue weighted by Gasteiger charge is -2.53. The van der Waals surface area contributed by atoms with Crippen molar-refractivity contribution >= 4 is 44.8 Å². The lowest BCUT2D eigenvalue weighted by molar-refractivity contribution is -0.154. The van der Waals surface area contributed by atoms with Crippen LogP contribution in [0.2, 0.25) is 10.0 Å². The summed E-state index contributed by atoms with van der Waals surface area (Å²) in [6.07, 6.45) is 4.53. The molecule has 1 aliphatic heterocycles.